The van der Waals surface area contributed by atoms with E-state index in [2.05, 4.69) is 52.6 Å². The summed E-state index contributed by atoms with van der Waals surface area (Å²) in [6.45, 7) is 3.02. The average Bonchev–Trinajstić information content (AvgIpc) is 3.62. The second-order valence-corrected chi connectivity index (χ2v) is 9.47. The Morgan fingerprint density at radius 2 is 1.95 bits per heavy atom. The number of rotatable bonds is 10. The number of pyridine rings is 1. The van der Waals surface area contributed by atoms with Gasteiger partial charge in [-0.3, -0.25) is 9.78 Å². The molecule has 3 aromatic heterocycles. The van der Waals surface area contributed by atoms with Crippen LogP contribution in [0.3, 0.4) is 0 Å². The normalized spacial score (nSPS) is 16.9. The molecule has 38 heavy (non-hydrogen) atoms. The van der Waals surface area contributed by atoms with Gasteiger partial charge >= 0.3 is 0 Å². The molecule has 0 aliphatic heterocycles. The highest BCUT2D eigenvalue weighted by Crippen LogP contribution is 2.34. The molecule has 0 spiro atoms. The van der Waals surface area contributed by atoms with Crippen molar-refractivity contribution in [2.75, 3.05) is 12.4 Å². The second-order valence-electron chi connectivity index (χ2n) is 9.47. The Morgan fingerprint density at radius 3 is 2.74 bits per heavy atom. The van der Waals surface area contributed by atoms with E-state index in [4.69, 9.17) is 0 Å². The molecule has 3 N–H and O–H groups in total. The van der Waals surface area contributed by atoms with Crippen molar-refractivity contribution >= 4 is 11.6 Å². The lowest BCUT2D eigenvalue weighted by atomic mass is 10.1. The molecule has 0 bridgehead atoms. The lowest BCUT2D eigenvalue weighted by Crippen LogP contribution is -2.23. The van der Waals surface area contributed by atoms with Crippen molar-refractivity contribution < 1.29 is 4.79 Å². The number of hydrogen-bond donors (Lipinski definition) is 3. The quantitative estimate of drug-likeness (QED) is 0.295. The van der Waals surface area contributed by atoms with E-state index in [0.29, 0.717) is 24.7 Å². The van der Waals surface area contributed by atoms with Gasteiger partial charge in [0.25, 0.3) is 5.91 Å². The number of aryl methyl sites for hydroxylation is 1. The Morgan fingerprint density at radius 1 is 1.05 bits per heavy atom. The van der Waals surface area contributed by atoms with Crippen LogP contribution in [0.25, 0.3) is 11.5 Å². The number of hydrogen-bond acceptors (Lipinski definition) is 8. The smallest absolute Gasteiger partial charge is 0.251 e. The van der Waals surface area contributed by atoms with Crippen LogP contribution in [0.5, 0.6) is 0 Å². The standard InChI is InChI=1S/C28H33N9O/c1-3-19-15-30-11-9-21(19)16-33-28(38)20-5-4-6-23(13-20)32-17-26-35-36-27(25-10-12-31-18-34-25)37(26)24-8-7-22(14-24)29-2/h4-6,9-13,15,18,22,24,29,32H,3,7-8,14,16-17H2,1-2H3,(H,33,38)/t22-,24-/m1/s1. The Kier molecular flexibility index (Phi) is 7.98. The highest BCUT2D eigenvalue weighted by Gasteiger charge is 2.29. The third-order valence-corrected chi connectivity index (χ3v) is 7.16. The Bertz CT molecular complexity index is 1370. The van der Waals surface area contributed by atoms with E-state index in [1.807, 2.05) is 49.6 Å². The monoisotopic (exact) mass is 511 g/mol. The van der Waals surface area contributed by atoms with Crippen LogP contribution in [0, 0.1) is 0 Å². The Hall–Kier alpha value is -4.18. The van der Waals surface area contributed by atoms with E-state index in [1.165, 1.54) is 6.33 Å². The van der Waals surface area contributed by atoms with Crippen molar-refractivity contribution in [1.29, 1.82) is 0 Å². The van der Waals surface area contributed by atoms with Crippen LogP contribution >= 0.6 is 0 Å². The van der Waals surface area contributed by atoms with Gasteiger partial charge in [0.1, 0.15) is 12.0 Å². The van der Waals surface area contributed by atoms with E-state index in [9.17, 15) is 4.79 Å². The minimum Gasteiger partial charge on any atom is -0.378 e. The van der Waals surface area contributed by atoms with E-state index in [-0.39, 0.29) is 11.9 Å². The maximum absolute atomic E-state index is 12.9. The highest BCUT2D eigenvalue weighted by molar-refractivity contribution is 5.95. The van der Waals surface area contributed by atoms with Gasteiger partial charge in [0, 0.05) is 48.5 Å². The van der Waals surface area contributed by atoms with Crippen molar-refractivity contribution in [1.82, 2.24) is 40.3 Å². The third kappa shape index (κ3) is 5.70. The summed E-state index contributed by atoms with van der Waals surface area (Å²) in [5.74, 6) is 1.47. The highest BCUT2D eigenvalue weighted by atomic mass is 16.1. The van der Waals surface area contributed by atoms with E-state index < -0.39 is 0 Å². The number of nitrogens with one attached hydrogen (secondary N) is 3. The van der Waals surface area contributed by atoms with E-state index >= 15 is 0 Å². The van der Waals surface area contributed by atoms with Crippen molar-refractivity contribution in [2.45, 2.75) is 57.8 Å². The third-order valence-electron chi connectivity index (χ3n) is 7.16. The topological polar surface area (TPSA) is 123 Å². The van der Waals surface area contributed by atoms with Crippen LogP contribution < -0.4 is 16.0 Å². The fraction of sp³-hybridized carbons (Fsp3) is 0.357. The molecule has 5 rings (SSSR count). The summed E-state index contributed by atoms with van der Waals surface area (Å²) >= 11 is 0. The van der Waals surface area contributed by atoms with Gasteiger partial charge in [-0.05, 0) is 74.2 Å². The van der Waals surface area contributed by atoms with Crippen molar-refractivity contribution in [3.05, 3.63) is 83.8 Å². The van der Waals surface area contributed by atoms with Crippen molar-refractivity contribution in [3.63, 3.8) is 0 Å². The van der Waals surface area contributed by atoms with E-state index in [0.717, 1.165) is 59.8 Å². The van der Waals surface area contributed by atoms with Gasteiger partial charge in [-0.25, -0.2) is 9.97 Å². The molecule has 10 nitrogen and oxygen atoms in total. The summed E-state index contributed by atoms with van der Waals surface area (Å²) in [5.41, 5.74) is 4.41. The Balaban J connectivity index is 1.30. The first-order valence-corrected chi connectivity index (χ1v) is 13.1. The summed E-state index contributed by atoms with van der Waals surface area (Å²) in [7, 11) is 2.01. The lowest BCUT2D eigenvalue weighted by molar-refractivity contribution is 0.0951. The molecule has 0 saturated heterocycles. The molecule has 10 heteroatoms. The van der Waals surface area contributed by atoms with Gasteiger partial charge in [-0.1, -0.05) is 13.0 Å². The Labute approximate surface area is 222 Å². The predicted molar refractivity (Wildman–Crippen MR) is 145 cm³/mol. The zero-order valence-corrected chi connectivity index (χ0v) is 21.8. The van der Waals surface area contributed by atoms with Crippen molar-refractivity contribution in [2.24, 2.45) is 0 Å². The summed E-state index contributed by atoms with van der Waals surface area (Å²) in [6.07, 6.45) is 10.9. The van der Waals surface area contributed by atoms with Crippen LogP contribution in [0.1, 0.15) is 59.5 Å². The summed E-state index contributed by atoms with van der Waals surface area (Å²) < 4.78 is 2.21. The average molecular weight is 512 g/mol. The molecule has 2 atom stereocenters. The zero-order chi connectivity index (χ0) is 26.3. The maximum Gasteiger partial charge on any atom is 0.251 e. The summed E-state index contributed by atoms with van der Waals surface area (Å²) in [5, 5.41) is 18.9. The second kappa shape index (κ2) is 11.9. The molecular formula is C28H33N9O. The first-order chi connectivity index (χ1) is 18.7. The van der Waals surface area contributed by atoms with Crippen LogP contribution in [-0.2, 0) is 19.5 Å². The minimum absolute atomic E-state index is 0.120. The predicted octanol–water partition coefficient (Wildman–Crippen LogP) is 3.55. The van der Waals surface area contributed by atoms with Gasteiger partial charge in [-0.15, -0.1) is 10.2 Å². The first kappa shape index (κ1) is 25.5. The number of carbonyl (C=O) groups is 1. The molecule has 0 radical (unpaired) electrons. The lowest BCUT2D eigenvalue weighted by Gasteiger charge is -2.18. The number of nitrogens with zero attached hydrogens (tertiary/aromatic N) is 6. The molecule has 0 unspecified atom stereocenters. The number of benzene rings is 1. The molecule has 1 aliphatic carbocycles. The molecule has 1 saturated carbocycles. The van der Waals surface area contributed by atoms with Gasteiger partial charge in [0.05, 0.1) is 6.54 Å². The molecular weight excluding hydrogens is 478 g/mol. The molecule has 196 valence electrons. The molecule has 1 aromatic carbocycles. The number of carbonyl (C=O) groups excluding carboxylic acids is 1. The summed E-state index contributed by atoms with van der Waals surface area (Å²) in [4.78, 5) is 25.5. The van der Waals surface area contributed by atoms with E-state index in [1.54, 1.807) is 12.4 Å². The number of anilines is 1. The zero-order valence-electron chi connectivity index (χ0n) is 21.8. The van der Waals surface area contributed by atoms with Crippen LogP contribution in [-0.4, -0.2) is 48.7 Å². The van der Waals surface area contributed by atoms with Gasteiger partial charge in [0.2, 0.25) is 0 Å². The van der Waals surface area contributed by atoms with Crippen LogP contribution in [0.2, 0.25) is 0 Å². The van der Waals surface area contributed by atoms with Gasteiger partial charge in [-0.2, -0.15) is 0 Å². The maximum atomic E-state index is 12.9. The fourth-order valence-corrected chi connectivity index (χ4v) is 5.06. The molecule has 1 amide bonds. The SMILES string of the molecule is CCc1cnccc1CNC(=O)c1cccc(NCc2nnc(-c3ccncn3)n2[C@@H]2CC[C@@H](NC)C2)c1. The fourth-order valence-electron chi connectivity index (χ4n) is 5.06. The van der Waals surface area contributed by atoms with Crippen molar-refractivity contribution in [3.8, 4) is 11.5 Å². The summed E-state index contributed by atoms with van der Waals surface area (Å²) in [6, 6.07) is 12.1. The largest absolute Gasteiger partial charge is 0.378 e. The molecule has 1 fully saturated rings. The molecule has 1 aliphatic rings. The number of aromatic nitrogens is 6. The first-order valence-electron chi connectivity index (χ1n) is 13.1. The van der Waals surface area contributed by atoms with Crippen LogP contribution in [0.15, 0.2) is 61.3 Å². The van der Waals surface area contributed by atoms with Crippen LogP contribution in [0.4, 0.5) is 5.69 Å². The number of amides is 1. The molecule has 3 heterocycles. The van der Waals surface area contributed by atoms with Gasteiger partial charge in [0.15, 0.2) is 11.6 Å². The molecule has 4 aromatic rings. The van der Waals surface area contributed by atoms with Gasteiger partial charge < -0.3 is 20.5 Å². The minimum atomic E-state index is -0.120.